The molecular formula is C20H33N5. The molecule has 1 aromatic rings. The first kappa shape index (κ1) is 18.2. The molecule has 0 aromatic heterocycles. The number of aliphatic imine (C=N–C) groups is 1. The number of nitrogens with zero attached hydrogens (tertiary/aromatic N) is 4. The summed E-state index contributed by atoms with van der Waals surface area (Å²) in [7, 11) is 2.21. The summed E-state index contributed by atoms with van der Waals surface area (Å²) in [5.41, 5.74) is 2.74. The average molecular weight is 344 g/mol. The molecule has 0 radical (unpaired) electrons. The second-order valence-corrected chi connectivity index (χ2v) is 7.43. The summed E-state index contributed by atoms with van der Waals surface area (Å²) in [6, 6.07) is 8.69. The largest absolute Gasteiger partial charge is 0.356 e. The lowest BCUT2D eigenvalue weighted by atomic mass is 10.1. The minimum absolute atomic E-state index is 0.579. The summed E-state index contributed by atoms with van der Waals surface area (Å²) in [5.74, 6) is 1.62. The van der Waals surface area contributed by atoms with Gasteiger partial charge in [-0.1, -0.05) is 25.1 Å². The fraction of sp³-hybridized carbons (Fsp3) is 0.650. The molecule has 0 spiro atoms. The van der Waals surface area contributed by atoms with Gasteiger partial charge in [-0.3, -0.25) is 4.99 Å². The fourth-order valence-corrected chi connectivity index (χ4v) is 3.72. The van der Waals surface area contributed by atoms with Gasteiger partial charge in [-0.2, -0.15) is 0 Å². The number of fused-ring (bicyclic) bond motifs is 1. The van der Waals surface area contributed by atoms with Crippen LogP contribution in [0.5, 0.6) is 0 Å². The molecule has 1 saturated heterocycles. The molecule has 0 aliphatic carbocycles. The topological polar surface area (TPSA) is 34.1 Å². The second-order valence-electron chi connectivity index (χ2n) is 7.43. The van der Waals surface area contributed by atoms with Gasteiger partial charge in [-0.25, -0.2) is 0 Å². The number of guanidine groups is 1. The zero-order valence-electron chi connectivity index (χ0n) is 16.0. The van der Waals surface area contributed by atoms with Crippen LogP contribution < -0.4 is 10.2 Å². The molecule has 3 rings (SSSR count). The Morgan fingerprint density at radius 1 is 1.16 bits per heavy atom. The number of hydrogen-bond acceptors (Lipinski definition) is 3. The Hall–Kier alpha value is -1.59. The minimum atomic E-state index is 0.579. The Kier molecular flexibility index (Phi) is 6.32. The van der Waals surface area contributed by atoms with Crippen molar-refractivity contribution in [3.8, 4) is 0 Å². The maximum atomic E-state index is 4.97. The SMILES string of the molecule is CCNC(=NCC(C)CN1CCN(C)CC1)N1CCc2ccccc21. The first-order valence-electron chi connectivity index (χ1n) is 9.72. The maximum absolute atomic E-state index is 4.97. The van der Waals surface area contributed by atoms with Crippen molar-refractivity contribution < 1.29 is 0 Å². The molecule has 25 heavy (non-hydrogen) atoms. The Morgan fingerprint density at radius 3 is 2.68 bits per heavy atom. The van der Waals surface area contributed by atoms with Crippen molar-refractivity contribution in [3.05, 3.63) is 29.8 Å². The van der Waals surface area contributed by atoms with E-state index < -0.39 is 0 Å². The van der Waals surface area contributed by atoms with Gasteiger partial charge in [0.15, 0.2) is 5.96 Å². The van der Waals surface area contributed by atoms with E-state index in [1.807, 2.05) is 0 Å². The standard InChI is InChI=1S/C20H33N5/c1-4-21-20(25-10-9-18-7-5-6-8-19(18)25)22-15-17(2)16-24-13-11-23(3)12-14-24/h5-8,17H,4,9-16H2,1-3H3,(H,21,22). The summed E-state index contributed by atoms with van der Waals surface area (Å²) in [5, 5.41) is 3.49. The van der Waals surface area contributed by atoms with Crippen molar-refractivity contribution in [1.82, 2.24) is 15.1 Å². The number of benzene rings is 1. The third-order valence-corrected chi connectivity index (χ3v) is 5.20. The quantitative estimate of drug-likeness (QED) is 0.654. The molecule has 0 bridgehead atoms. The van der Waals surface area contributed by atoms with E-state index in [2.05, 4.69) is 65.2 Å². The molecule has 1 N–H and O–H groups in total. The molecule has 2 aliphatic rings. The average Bonchev–Trinajstić information content (AvgIpc) is 3.05. The van der Waals surface area contributed by atoms with Crippen molar-refractivity contribution in [2.24, 2.45) is 10.9 Å². The van der Waals surface area contributed by atoms with Crippen LogP contribution in [0.25, 0.3) is 0 Å². The number of nitrogens with one attached hydrogen (secondary N) is 1. The van der Waals surface area contributed by atoms with Crippen LogP contribution >= 0.6 is 0 Å². The fourth-order valence-electron chi connectivity index (χ4n) is 3.72. The predicted molar refractivity (Wildman–Crippen MR) is 107 cm³/mol. The first-order chi connectivity index (χ1) is 12.2. The molecule has 1 atom stereocenters. The van der Waals surface area contributed by atoms with Crippen molar-refractivity contribution in [2.75, 3.05) is 64.3 Å². The summed E-state index contributed by atoms with van der Waals surface area (Å²) < 4.78 is 0. The summed E-state index contributed by atoms with van der Waals surface area (Å²) in [6.07, 6.45) is 1.11. The van der Waals surface area contributed by atoms with Gasteiger partial charge in [-0.15, -0.1) is 0 Å². The van der Waals surface area contributed by atoms with Gasteiger partial charge in [0, 0.05) is 58.0 Å². The molecule has 1 fully saturated rings. The number of rotatable bonds is 5. The van der Waals surface area contributed by atoms with Gasteiger partial charge in [0.25, 0.3) is 0 Å². The highest BCUT2D eigenvalue weighted by atomic mass is 15.3. The zero-order valence-corrected chi connectivity index (χ0v) is 16.0. The summed E-state index contributed by atoms with van der Waals surface area (Å²) >= 11 is 0. The predicted octanol–water partition coefficient (Wildman–Crippen LogP) is 1.90. The molecule has 2 heterocycles. The van der Waals surface area contributed by atoms with Crippen molar-refractivity contribution in [1.29, 1.82) is 0 Å². The van der Waals surface area contributed by atoms with E-state index in [4.69, 9.17) is 4.99 Å². The van der Waals surface area contributed by atoms with Gasteiger partial charge in [-0.05, 0) is 37.9 Å². The van der Waals surface area contributed by atoms with E-state index in [-0.39, 0.29) is 0 Å². The second kappa shape index (κ2) is 8.68. The number of hydrogen-bond donors (Lipinski definition) is 1. The van der Waals surface area contributed by atoms with E-state index in [0.717, 1.165) is 38.6 Å². The van der Waals surface area contributed by atoms with E-state index in [9.17, 15) is 0 Å². The minimum Gasteiger partial charge on any atom is -0.356 e. The van der Waals surface area contributed by atoms with E-state index >= 15 is 0 Å². The van der Waals surface area contributed by atoms with Crippen molar-refractivity contribution in [2.45, 2.75) is 20.3 Å². The van der Waals surface area contributed by atoms with Gasteiger partial charge >= 0.3 is 0 Å². The lowest BCUT2D eigenvalue weighted by molar-refractivity contribution is 0.140. The molecule has 1 aromatic carbocycles. The van der Waals surface area contributed by atoms with Gasteiger partial charge in [0.1, 0.15) is 0 Å². The third kappa shape index (κ3) is 4.73. The summed E-state index contributed by atoms with van der Waals surface area (Å²) in [4.78, 5) is 12.3. The maximum Gasteiger partial charge on any atom is 0.198 e. The highest BCUT2D eigenvalue weighted by molar-refractivity contribution is 5.97. The van der Waals surface area contributed by atoms with Crippen LogP contribution in [0, 0.1) is 5.92 Å². The molecule has 5 nitrogen and oxygen atoms in total. The Balaban J connectivity index is 1.59. The van der Waals surface area contributed by atoms with Crippen LogP contribution in [0.3, 0.4) is 0 Å². The first-order valence-corrected chi connectivity index (χ1v) is 9.72. The molecule has 1 unspecified atom stereocenters. The Labute approximate surface area is 152 Å². The number of anilines is 1. The zero-order chi connectivity index (χ0) is 17.6. The molecule has 5 heteroatoms. The van der Waals surface area contributed by atoms with Crippen LogP contribution in [0.4, 0.5) is 5.69 Å². The Bertz CT molecular complexity index is 577. The monoisotopic (exact) mass is 343 g/mol. The van der Waals surface area contributed by atoms with Crippen LogP contribution in [-0.2, 0) is 6.42 Å². The number of para-hydroxylation sites is 1. The lowest BCUT2D eigenvalue weighted by Gasteiger charge is -2.33. The molecule has 2 aliphatic heterocycles. The molecular weight excluding hydrogens is 310 g/mol. The van der Waals surface area contributed by atoms with Crippen molar-refractivity contribution in [3.63, 3.8) is 0 Å². The molecule has 0 saturated carbocycles. The van der Waals surface area contributed by atoms with Crippen LogP contribution in [0.2, 0.25) is 0 Å². The summed E-state index contributed by atoms with van der Waals surface area (Å²) in [6.45, 7) is 13.2. The van der Waals surface area contributed by atoms with Gasteiger partial charge in [0.2, 0.25) is 0 Å². The van der Waals surface area contributed by atoms with E-state index in [0.29, 0.717) is 5.92 Å². The molecule has 138 valence electrons. The van der Waals surface area contributed by atoms with Crippen LogP contribution in [0.1, 0.15) is 19.4 Å². The van der Waals surface area contributed by atoms with E-state index in [1.54, 1.807) is 0 Å². The third-order valence-electron chi connectivity index (χ3n) is 5.20. The number of piperazine rings is 1. The lowest BCUT2D eigenvalue weighted by Crippen LogP contribution is -2.46. The highest BCUT2D eigenvalue weighted by Gasteiger charge is 2.22. The van der Waals surface area contributed by atoms with Gasteiger partial charge in [0.05, 0.1) is 0 Å². The van der Waals surface area contributed by atoms with Crippen LogP contribution in [0.15, 0.2) is 29.3 Å². The highest BCUT2D eigenvalue weighted by Crippen LogP contribution is 2.27. The van der Waals surface area contributed by atoms with Gasteiger partial charge < -0.3 is 20.0 Å². The van der Waals surface area contributed by atoms with E-state index in [1.165, 1.54) is 37.4 Å². The van der Waals surface area contributed by atoms with Crippen LogP contribution in [-0.4, -0.2) is 75.2 Å². The molecule has 0 amide bonds. The normalized spacial score (nSPS) is 20.6. The van der Waals surface area contributed by atoms with Crippen molar-refractivity contribution >= 4 is 11.6 Å². The number of likely N-dealkylation sites (N-methyl/N-ethyl adjacent to an activating group) is 1. The smallest absolute Gasteiger partial charge is 0.198 e. The Morgan fingerprint density at radius 2 is 1.92 bits per heavy atom.